The highest BCUT2D eigenvalue weighted by Crippen LogP contribution is 2.45. The molecule has 0 heterocycles. The SMILES string of the molecule is Brc1ccc(COc2ccc3ccccc3c2-c2c(OCc3ccc(Br)cc3)ccc3ccccc23)cc1. The maximum Gasteiger partial charge on any atom is 0.128 e. The van der Waals surface area contributed by atoms with Gasteiger partial charge in [0.15, 0.2) is 0 Å². The van der Waals surface area contributed by atoms with Crippen LogP contribution in [0.25, 0.3) is 32.7 Å². The van der Waals surface area contributed by atoms with Crippen molar-refractivity contribution in [3.8, 4) is 22.6 Å². The zero-order valence-corrected chi connectivity index (χ0v) is 23.7. The third-order valence-electron chi connectivity index (χ3n) is 6.65. The van der Waals surface area contributed by atoms with E-state index in [1.54, 1.807) is 0 Å². The zero-order valence-electron chi connectivity index (χ0n) is 20.5. The number of ether oxygens (including phenoxy) is 2. The molecule has 0 spiro atoms. The van der Waals surface area contributed by atoms with E-state index in [-0.39, 0.29) is 0 Å². The Kier molecular flexibility index (Phi) is 7.17. The predicted molar refractivity (Wildman–Crippen MR) is 164 cm³/mol. The van der Waals surface area contributed by atoms with Gasteiger partial charge in [-0.15, -0.1) is 0 Å². The molecule has 6 rings (SSSR count). The van der Waals surface area contributed by atoms with Gasteiger partial charge in [0.05, 0.1) is 0 Å². The fourth-order valence-corrected chi connectivity index (χ4v) is 5.27. The molecule has 186 valence electrons. The molecule has 0 aromatic heterocycles. The van der Waals surface area contributed by atoms with E-state index in [2.05, 4.69) is 129 Å². The molecule has 0 amide bonds. The fraction of sp³-hybridized carbons (Fsp3) is 0.0588. The summed E-state index contributed by atoms with van der Waals surface area (Å²) >= 11 is 7.04. The second kappa shape index (κ2) is 11.0. The minimum Gasteiger partial charge on any atom is -0.488 e. The van der Waals surface area contributed by atoms with Crippen molar-refractivity contribution in [2.45, 2.75) is 13.2 Å². The van der Waals surface area contributed by atoms with Gasteiger partial charge in [-0.25, -0.2) is 0 Å². The van der Waals surface area contributed by atoms with Crippen LogP contribution in [0, 0.1) is 0 Å². The molecule has 0 aliphatic carbocycles. The Morgan fingerprint density at radius 2 is 0.816 bits per heavy atom. The summed E-state index contributed by atoms with van der Waals surface area (Å²) in [6.45, 7) is 0.941. The average molecular weight is 624 g/mol. The molecular formula is C34H24Br2O2. The lowest BCUT2D eigenvalue weighted by Crippen LogP contribution is -2.01. The van der Waals surface area contributed by atoms with Gasteiger partial charge in [0.2, 0.25) is 0 Å². The minimum absolute atomic E-state index is 0.471. The largest absolute Gasteiger partial charge is 0.488 e. The topological polar surface area (TPSA) is 18.5 Å². The van der Waals surface area contributed by atoms with E-state index in [0.29, 0.717) is 13.2 Å². The second-order valence-electron chi connectivity index (χ2n) is 9.15. The molecule has 0 radical (unpaired) electrons. The third-order valence-corrected chi connectivity index (χ3v) is 7.70. The van der Waals surface area contributed by atoms with Crippen LogP contribution in [0.5, 0.6) is 11.5 Å². The molecule has 2 nitrogen and oxygen atoms in total. The van der Waals surface area contributed by atoms with E-state index < -0.39 is 0 Å². The lowest BCUT2D eigenvalue weighted by molar-refractivity contribution is 0.303. The quantitative estimate of drug-likeness (QED) is 0.176. The van der Waals surface area contributed by atoms with Crippen molar-refractivity contribution >= 4 is 53.4 Å². The lowest BCUT2D eigenvalue weighted by atomic mass is 9.92. The molecule has 0 saturated heterocycles. The highest BCUT2D eigenvalue weighted by molar-refractivity contribution is 9.10. The zero-order chi connectivity index (χ0) is 25.9. The van der Waals surface area contributed by atoms with Crippen molar-refractivity contribution in [1.29, 1.82) is 0 Å². The van der Waals surface area contributed by atoms with E-state index in [1.165, 1.54) is 0 Å². The Morgan fingerprint density at radius 1 is 0.421 bits per heavy atom. The molecule has 38 heavy (non-hydrogen) atoms. The van der Waals surface area contributed by atoms with Crippen molar-refractivity contribution in [2.75, 3.05) is 0 Å². The first-order valence-electron chi connectivity index (χ1n) is 12.4. The molecular weight excluding hydrogens is 600 g/mol. The van der Waals surface area contributed by atoms with Gasteiger partial charge in [0, 0.05) is 20.1 Å². The van der Waals surface area contributed by atoms with E-state index in [1.807, 2.05) is 24.3 Å². The van der Waals surface area contributed by atoms with Gasteiger partial charge in [0.25, 0.3) is 0 Å². The summed E-state index contributed by atoms with van der Waals surface area (Å²) in [4.78, 5) is 0. The Hall–Kier alpha value is -3.60. The number of hydrogen-bond donors (Lipinski definition) is 0. The van der Waals surface area contributed by atoms with Gasteiger partial charge in [0.1, 0.15) is 24.7 Å². The minimum atomic E-state index is 0.471. The molecule has 6 aromatic rings. The molecule has 0 fully saturated rings. The number of halogens is 2. The van der Waals surface area contributed by atoms with Crippen molar-refractivity contribution < 1.29 is 9.47 Å². The van der Waals surface area contributed by atoms with E-state index >= 15 is 0 Å². The highest BCUT2D eigenvalue weighted by Gasteiger charge is 2.19. The number of hydrogen-bond acceptors (Lipinski definition) is 2. The first-order valence-corrected chi connectivity index (χ1v) is 14.0. The van der Waals surface area contributed by atoms with Crippen LogP contribution in [0.1, 0.15) is 11.1 Å². The van der Waals surface area contributed by atoms with Crippen LogP contribution in [0.15, 0.2) is 130 Å². The smallest absolute Gasteiger partial charge is 0.128 e. The summed E-state index contributed by atoms with van der Waals surface area (Å²) in [7, 11) is 0. The van der Waals surface area contributed by atoms with Gasteiger partial charge in [-0.2, -0.15) is 0 Å². The predicted octanol–water partition coefficient (Wildman–Crippen LogP) is 10.3. The maximum absolute atomic E-state index is 6.53. The molecule has 0 atom stereocenters. The average Bonchev–Trinajstić information content (AvgIpc) is 2.96. The number of rotatable bonds is 7. The lowest BCUT2D eigenvalue weighted by Gasteiger charge is -2.20. The monoisotopic (exact) mass is 622 g/mol. The van der Waals surface area contributed by atoms with Crippen LogP contribution in [0.3, 0.4) is 0 Å². The molecule has 4 heteroatoms. The fourth-order valence-electron chi connectivity index (χ4n) is 4.74. The summed E-state index contributed by atoms with van der Waals surface area (Å²) < 4.78 is 15.2. The molecule has 0 N–H and O–H groups in total. The molecule has 0 aliphatic heterocycles. The van der Waals surface area contributed by atoms with Crippen LogP contribution in [0.4, 0.5) is 0 Å². The summed E-state index contributed by atoms with van der Waals surface area (Å²) in [6.07, 6.45) is 0. The van der Waals surface area contributed by atoms with E-state index in [0.717, 1.165) is 64.2 Å². The van der Waals surface area contributed by atoms with Crippen molar-refractivity contribution in [3.63, 3.8) is 0 Å². The second-order valence-corrected chi connectivity index (χ2v) is 11.0. The maximum atomic E-state index is 6.53. The molecule has 0 unspecified atom stereocenters. The Balaban J connectivity index is 1.50. The normalized spacial score (nSPS) is 11.1. The van der Waals surface area contributed by atoms with Crippen LogP contribution < -0.4 is 9.47 Å². The van der Waals surface area contributed by atoms with Crippen molar-refractivity contribution in [3.05, 3.63) is 141 Å². The molecule has 0 saturated carbocycles. The third kappa shape index (κ3) is 5.20. The first kappa shape index (κ1) is 24.7. The van der Waals surface area contributed by atoms with Gasteiger partial charge in [-0.1, -0.05) is 117 Å². The summed E-state index contributed by atoms with van der Waals surface area (Å²) in [5, 5.41) is 4.58. The number of benzene rings is 6. The summed E-state index contributed by atoms with van der Waals surface area (Å²) in [5.41, 5.74) is 4.31. The van der Waals surface area contributed by atoms with Crippen LogP contribution in [-0.2, 0) is 13.2 Å². The number of fused-ring (bicyclic) bond motifs is 2. The van der Waals surface area contributed by atoms with E-state index in [4.69, 9.17) is 9.47 Å². The molecule has 0 bridgehead atoms. The standard InChI is InChI=1S/C34H24Br2O2/c35-27-15-9-23(10-16-27)21-37-31-19-13-25-5-1-3-7-29(25)33(31)34-30-8-4-2-6-26(30)14-20-32(34)38-22-24-11-17-28(36)18-12-24/h1-20H,21-22H2. The van der Waals surface area contributed by atoms with Crippen molar-refractivity contribution in [2.24, 2.45) is 0 Å². The van der Waals surface area contributed by atoms with Crippen LogP contribution in [-0.4, -0.2) is 0 Å². The van der Waals surface area contributed by atoms with Gasteiger partial charge < -0.3 is 9.47 Å². The van der Waals surface area contributed by atoms with Gasteiger partial charge >= 0.3 is 0 Å². The van der Waals surface area contributed by atoms with Crippen LogP contribution in [0.2, 0.25) is 0 Å². The Labute approximate surface area is 239 Å². The van der Waals surface area contributed by atoms with Crippen LogP contribution >= 0.6 is 31.9 Å². The van der Waals surface area contributed by atoms with Gasteiger partial charge in [-0.05, 0) is 69.1 Å². The summed E-state index contributed by atoms with van der Waals surface area (Å²) in [6, 6.07) is 41.8. The summed E-state index contributed by atoms with van der Waals surface area (Å²) in [5.74, 6) is 1.66. The molecule has 0 aliphatic rings. The highest BCUT2D eigenvalue weighted by atomic mass is 79.9. The Bertz CT molecular complexity index is 1590. The van der Waals surface area contributed by atoms with Crippen molar-refractivity contribution in [1.82, 2.24) is 0 Å². The Morgan fingerprint density at radius 3 is 1.24 bits per heavy atom. The van der Waals surface area contributed by atoms with E-state index in [9.17, 15) is 0 Å². The first-order chi connectivity index (χ1) is 18.7. The molecule has 6 aromatic carbocycles. The van der Waals surface area contributed by atoms with Gasteiger partial charge in [-0.3, -0.25) is 0 Å².